The molecule has 0 fully saturated rings. The van der Waals surface area contributed by atoms with E-state index in [0.29, 0.717) is 28.6 Å². The van der Waals surface area contributed by atoms with Gasteiger partial charge < -0.3 is 9.26 Å². The number of halogens is 1. The molecule has 0 spiro atoms. The predicted octanol–water partition coefficient (Wildman–Crippen LogP) is 4.32. The summed E-state index contributed by atoms with van der Waals surface area (Å²) in [6.07, 6.45) is 0. The van der Waals surface area contributed by atoms with E-state index in [2.05, 4.69) is 10.1 Å². The van der Waals surface area contributed by atoms with Gasteiger partial charge in [-0.3, -0.25) is 4.79 Å². The standard InChI is InChI=1S/C20H19FN2O3/c1-20(2,3)19-22-17(26-23-19)12-25-16-10-6-14(7-11-16)18(24)13-4-8-15(21)9-5-13/h4-11H,12H2,1-3H3. The number of carbonyl (C=O) groups excluding carboxylic acids is 1. The molecule has 0 aliphatic carbocycles. The van der Waals surface area contributed by atoms with E-state index in [1.165, 1.54) is 24.3 Å². The molecule has 26 heavy (non-hydrogen) atoms. The first-order valence-corrected chi connectivity index (χ1v) is 8.19. The fourth-order valence-corrected chi connectivity index (χ4v) is 2.23. The molecule has 2 aromatic carbocycles. The summed E-state index contributed by atoms with van der Waals surface area (Å²) in [5.74, 6) is 1.04. The Hall–Kier alpha value is -3.02. The van der Waals surface area contributed by atoms with Gasteiger partial charge in [0.15, 0.2) is 18.2 Å². The lowest BCUT2D eigenvalue weighted by atomic mass is 9.96. The van der Waals surface area contributed by atoms with Crippen molar-refractivity contribution in [3.8, 4) is 5.75 Å². The first-order chi connectivity index (χ1) is 12.3. The Morgan fingerprint density at radius 1 is 1.04 bits per heavy atom. The van der Waals surface area contributed by atoms with E-state index in [-0.39, 0.29) is 23.6 Å². The van der Waals surface area contributed by atoms with Crippen molar-refractivity contribution in [1.29, 1.82) is 0 Å². The van der Waals surface area contributed by atoms with Gasteiger partial charge >= 0.3 is 0 Å². The predicted molar refractivity (Wildman–Crippen MR) is 93.6 cm³/mol. The van der Waals surface area contributed by atoms with E-state index in [1.807, 2.05) is 20.8 Å². The Kier molecular flexibility index (Phi) is 4.84. The first kappa shape index (κ1) is 17.8. The Bertz CT molecular complexity index is 894. The van der Waals surface area contributed by atoms with Crippen LogP contribution in [0.25, 0.3) is 0 Å². The molecule has 3 rings (SSSR count). The summed E-state index contributed by atoms with van der Waals surface area (Å²) in [5, 5.41) is 3.94. The topological polar surface area (TPSA) is 65.2 Å². The third-order valence-corrected chi connectivity index (χ3v) is 3.72. The van der Waals surface area contributed by atoms with Gasteiger partial charge in [0.25, 0.3) is 5.89 Å². The molecule has 0 N–H and O–H groups in total. The van der Waals surface area contributed by atoms with Gasteiger partial charge in [-0.2, -0.15) is 4.98 Å². The normalized spacial score (nSPS) is 11.4. The van der Waals surface area contributed by atoms with Crippen molar-refractivity contribution in [2.45, 2.75) is 32.8 Å². The molecule has 5 nitrogen and oxygen atoms in total. The van der Waals surface area contributed by atoms with Crippen molar-refractivity contribution in [2.24, 2.45) is 0 Å². The summed E-state index contributed by atoms with van der Waals surface area (Å²) in [5.41, 5.74) is 0.738. The molecule has 1 aromatic heterocycles. The molecule has 0 saturated heterocycles. The number of ketones is 1. The lowest BCUT2D eigenvalue weighted by Gasteiger charge is -2.10. The lowest BCUT2D eigenvalue weighted by molar-refractivity contribution is 0.103. The number of carbonyl (C=O) groups is 1. The van der Waals surface area contributed by atoms with Crippen molar-refractivity contribution in [3.05, 3.63) is 77.2 Å². The van der Waals surface area contributed by atoms with Crippen LogP contribution >= 0.6 is 0 Å². The molecule has 0 aliphatic rings. The molecule has 6 heteroatoms. The summed E-state index contributed by atoms with van der Waals surface area (Å²) in [4.78, 5) is 16.7. The second-order valence-corrected chi connectivity index (χ2v) is 6.91. The average molecular weight is 354 g/mol. The molecule has 134 valence electrons. The van der Waals surface area contributed by atoms with Crippen LogP contribution < -0.4 is 4.74 Å². The maximum Gasteiger partial charge on any atom is 0.264 e. The van der Waals surface area contributed by atoms with Crippen molar-refractivity contribution in [1.82, 2.24) is 10.1 Å². The highest BCUT2D eigenvalue weighted by molar-refractivity contribution is 6.08. The van der Waals surface area contributed by atoms with E-state index in [4.69, 9.17) is 9.26 Å². The third kappa shape index (κ3) is 4.14. The third-order valence-electron chi connectivity index (χ3n) is 3.72. The summed E-state index contributed by atoms with van der Waals surface area (Å²) in [6.45, 7) is 6.15. The number of ether oxygens (including phenoxy) is 1. The Labute approximate surface area is 150 Å². The van der Waals surface area contributed by atoms with Gasteiger partial charge in [-0.25, -0.2) is 4.39 Å². The van der Waals surface area contributed by atoms with Crippen molar-refractivity contribution in [3.63, 3.8) is 0 Å². The molecule has 3 aromatic rings. The maximum atomic E-state index is 13.0. The summed E-state index contributed by atoms with van der Waals surface area (Å²) in [7, 11) is 0. The van der Waals surface area contributed by atoms with E-state index in [1.54, 1.807) is 24.3 Å². The van der Waals surface area contributed by atoms with Crippen molar-refractivity contribution in [2.75, 3.05) is 0 Å². The molecule has 1 heterocycles. The zero-order chi connectivity index (χ0) is 18.7. The van der Waals surface area contributed by atoms with Crippen molar-refractivity contribution < 1.29 is 18.4 Å². The zero-order valence-corrected chi connectivity index (χ0v) is 14.8. The van der Waals surface area contributed by atoms with Gasteiger partial charge in [0.2, 0.25) is 0 Å². The van der Waals surface area contributed by atoms with Gasteiger partial charge in [0, 0.05) is 16.5 Å². The SMILES string of the molecule is CC(C)(C)c1noc(COc2ccc(C(=O)c3ccc(F)cc3)cc2)n1. The average Bonchev–Trinajstić information content (AvgIpc) is 3.10. The fraction of sp³-hybridized carbons (Fsp3) is 0.250. The zero-order valence-electron chi connectivity index (χ0n) is 14.8. The highest BCUT2D eigenvalue weighted by atomic mass is 19.1. The molecule has 0 aliphatic heterocycles. The number of benzene rings is 2. The van der Waals surface area contributed by atoms with Gasteiger partial charge in [-0.05, 0) is 48.5 Å². The second kappa shape index (κ2) is 7.07. The van der Waals surface area contributed by atoms with Crippen LogP contribution in [0.4, 0.5) is 4.39 Å². The van der Waals surface area contributed by atoms with E-state index in [0.717, 1.165) is 0 Å². The number of aromatic nitrogens is 2. The van der Waals surface area contributed by atoms with Crippen LogP contribution in [0.3, 0.4) is 0 Å². The minimum Gasteiger partial charge on any atom is -0.484 e. The summed E-state index contributed by atoms with van der Waals surface area (Å²) < 4.78 is 23.7. The van der Waals surface area contributed by atoms with Crippen LogP contribution in [-0.2, 0) is 12.0 Å². The highest BCUT2D eigenvalue weighted by Crippen LogP contribution is 2.20. The van der Waals surface area contributed by atoms with Crippen LogP contribution in [0.15, 0.2) is 53.1 Å². The maximum absolute atomic E-state index is 13.0. The first-order valence-electron chi connectivity index (χ1n) is 8.19. The van der Waals surface area contributed by atoms with E-state index >= 15 is 0 Å². The number of rotatable bonds is 5. The highest BCUT2D eigenvalue weighted by Gasteiger charge is 2.21. The molecular weight excluding hydrogens is 335 g/mol. The van der Waals surface area contributed by atoms with E-state index < -0.39 is 0 Å². The summed E-state index contributed by atoms with van der Waals surface area (Å²) >= 11 is 0. The monoisotopic (exact) mass is 354 g/mol. The summed E-state index contributed by atoms with van der Waals surface area (Å²) in [6, 6.07) is 12.2. The van der Waals surface area contributed by atoms with Gasteiger partial charge in [-0.15, -0.1) is 0 Å². The number of hydrogen-bond acceptors (Lipinski definition) is 5. The quantitative estimate of drug-likeness (QED) is 0.639. The molecule has 0 saturated carbocycles. The van der Waals surface area contributed by atoms with Gasteiger partial charge in [0.05, 0.1) is 0 Å². The minimum atomic E-state index is -0.374. The Morgan fingerprint density at radius 3 is 2.15 bits per heavy atom. The molecule has 0 amide bonds. The number of nitrogens with zero attached hydrogens (tertiary/aromatic N) is 2. The lowest BCUT2D eigenvalue weighted by Crippen LogP contribution is -2.13. The van der Waals surface area contributed by atoms with Crippen LogP contribution in [0.1, 0.15) is 48.4 Å². The van der Waals surface area contributed by atoms with Crippen molar-refractivity contribution >= 4 is 5.78 Å². The van der Waals surface area contributed by atoms with Crippen LogP contribution in [0.2, 0.25) is 0 Å². The Balaban J connectivity index is 1.63. The molecular formula is C20H19FN2O3. The fourth-order valence-electron chi connectivity index (χ4n) is 2.23. The molecule has 0 radical (unpaired) electrons. The molecule has 0 bridgehead atoms. The smallest absolute Gasteiger partial charge is 0.264 e. The van der Waals surface area contributed by atoms with Crippen LogP contribution in [-0.4, -0.2) is 15.9 Å². The van der Waals surface area contributed by atoms with Crippen LogP contribution in [0, 0.1) is 5.82 Å². The second-order valence-electron chi connectivity index (χ2n) is 6.91. The van der Waals surface area contributed by atoms with E-state index in [9.17, 15) is 9.18 Å². The minimum absolute atomic E-state index is 0.147. The Morgan fingerprint density at radius 2 is 1.62 bits per heavy atom. The largest absolute Gasteiger partial charge is 0.484 e. The van der Waals surface area contributed by atoms with Crippen LogP contribution in [0.5, 0.6) is 5.75 Å². The molecule has 0 atom stereocenters. The van der Waals surface area contributed by atoms with Gasteiger partial charge in [0.1, 0.15) is 11.6 Å². The van der Waals surface area contributed by atoms with Gasteiger partial charge in [-0.1, -0.05) is 25.9 Å². The number of hydrogen-bond donors (Lipinski definition) is 0. The molecule has 0 unspecified atom stereocenters.